The van der Waals surface area contributed by atoms with Crippen LogP contribution in [0, 0.1) is 0 Å². The topological polar surface area (TPSA) is 54.7 Å². The molecule has 1 aliphatic heterocycles. The smallest absolute Gasteiger partial charge is 0.341 e. The third-order valence-corrected chi connectivity index (χ3v) is 3.53. The summed E-state index contributed by atoms with van der Waals surface area (Å²) in [4.78, 5) is 14.0. The number of likely N-dealkylation sites (N-methyl/N-ethyl adjacent to an activating group) is 1. The number of carbonyl (C=O) groups is 1. The quantitative estimate of drug-likeness (QED) is 0.821. The number of hydrogen-bond donors (Lipinski definition) is 1. The molecule has 1 N–H and O–H groups in total. The van der Waals surface area contributed by atoms with Crippen molar-refractivity contribution in [2.24, 2.45) is 0 Å². The van der Waals surface area contributed by atoms with Gasteiger partial charge in [0.05, 0.1) is 19.4 Å². The van der Waals surface area contributed by atoms with Crippen LogP contribution in [0.15, 0.2) is 16.7 Å². The number of nitrogens with zero attached hydrogens (tertiary/aromatic N) is 1. The molecule has 106 valence electrons. The molecule has 5 heteroatoms. The number of nitrogens with one attached hydrogen (secondary N) is 1. The number of furan rings is 1. The van der Waals surface area contributed by atoms with Crippen molar-refractivity contribution in [2.45, 2.75) is 32.4 Å². The van der Waals surface area contributed by atoms with Gasteiger partial charge in [0.25, 0.3) is 0 Å². The highest BCUT2D eigenvalue weighted by Crippen LogP contribution is 2.17. The second kappa shape index (κ2) is 6.73. The standard InChI is InChI=1S/C14H22N2O3/c1-3-18-14(17)12-6-8-19-13(12)10-16(2)11-5-4-7-15-9-11/h6,8,11,15H,3-5,7,9-10H2,1-2H3. The van der Waals surface area contributed by atoms with Gasteiger partial charge in [-0.3, -0.25) is 4.90 Å². The van der Waals surface area contributed by atoms with Crippen molar-refractivity contribution >= 4 is 5.97 Å². The molecule has 2 heterocycles. The fraction of sp³-hybridized carbons (Fsp3) is 0.643. The van der Waals surface area contributed by atoms with Crippen LogP contribution in [0.2, 0.25) is 0 Å². The molecule has 1 fully saturated rings. The molecule has 0 spiro atoms. The molecule has 1 atom stereocenters. The van der Waals surface area contributed by atoms with Crippen LogP contribution in [-0.2, 0) is 11.3 Å². The molecule has 0 saturated carbocycles. The van der Waals surface area contributed by atoms with E-state index in [2.05, 4.69) is 17.3 Å². The maximum atomic E-state index is 11.8. The van der Waals surface area contributed by atoms with E-state index in [1.165, 1.54) is 12.8 Å². The molecule has 0 radical (unpaired) electrons. The number of piperidine rings is 1. The summed E-state index contributed by atoms with van der Waals surface area (Å²) in [6, 6.07) is 2.18. The molecule has 1 aliphatic rings. The van der Waals surface area contributed by atoms with Crippen LogP contribution in [0.5, 0.6) is 0 Å². The highest BCUT2D eigenvalue weighted by molar-refractivity contribution is 5.90. The highest BCUT2D eigenvalue weighted by Gasteiger charge is 2.22. The summed E-state index contributed by atoms with van der Waals surface area (Å²) in [6.07, 6.45) is 3.92. The molecule has 19 heavy (non-hydrogen) atoms. The van der Waals surface area contributed by atoms with E-state index < -0.39 is 0 Å². The van der Waals surface area contributed by atoms with Gasteiger partial charge < -0.3 is 14.5 Å². The molecule has 1 aromatic heterocycles. The number of esters is 1. The fourth-order valence-electron chi connectivity index (χ4n) is 2.42. The number of hydrogen-bond acceptors (Lipinski definition) is 5. The van der Waals surface area contributed by atoms with Gasteiger partial charge in [-0.15, -0.1) is 0 Å². The van der Waals surface area contributed by atoms with E-state index in [9.17, 15) is 4.79 Å². The van der Waals surface area contributed by atoms with Gasteiger partial charge in [-0.25, -0.2) is 4.79 Å². The SMILES string of the molecule is CCOC(=O)c1ccoc1CN(C)C1CCCNC1. The van der Waals surface area contributed by atoms with E-state index in [1.807, 2.05) is 0 Å². The third-order valence-electron chi connectivity index (χ3n) is 3.53. The van der Waals surface area contributed by atoms with Gasteiger partial charge in [-0.05, 0) is 39.4 Å². The average Bonchev–Trinajstić information content (AvgIpc) is 2.88. The summed E-state index contributed by atoms with van der Waals surface area (Å²) in [5.74, 6) is 0.382. The van der Waals surface area contributed by atoms with Crippen LogP contribution < -0.4 is 5.32 Å². The maximum Gasteiger partial charge on any atom is 0.341 e. The second-order valence-corrected chi connectivity index (χ2v) is 4.89. The van der Waals surface area contributed by atoms with E-state index in [4.69, 9.17) is 9.15 Å². The largest absolute Gasteiger partial charge is 0.467 e. The van der Waals surface area contributed by atoms with Crippen LogP contribution >= 0.6 is 0 Å². The number of carbonyl (C=O) groups excluding carboxylic acids is 1. The summed E-state index contributed by atoms with van der Waals surface area (Å²) in [6.45, 7) is 4.90. The summed E-state index contributed by atoms with van der Waals surface area (Å²) < 4.78 is 10.5. The normalized spacial score (nSPS) is 19.6. The fourth-order valence-corrected chi connectivity index (χ4v) is 2.42. The zero-order valence-corrected chi connectivity index (χ0v) is 11.6. The first kappa shape index (κ1) is 14.1. The zero-order valence-electron chi connectivity index (χ0n) is 11.6. The Balaban J connectivity index is 1.98. The molecule has 1 saturated heterocycles. The number of rotatable bonds is 5. The lowest BCUT2D eigenvalue weighted by Gasteiger charge is -2.31. The van der Waals surface area contributed by atoms with Crippen molar-refractivity contribution in [1.82, 2.24) is 10.2 Å². The van der Waals surface area contributed by atoms with E-state index in [-0.39, 0.29) is 5.97 Å². The molecule has 0 aromatic carbocycles. The molecular formula is C14H22N2O3. The van der Waals surface area contributed by atoms with Crippen molar-refractivity contribution in [3.8, 4) is 0 Å². The Morgan fingerprint density at radius 1 is 1.63 bits per heavy atom. The predicted octanol–water partition coefficient (Wildman–Crippen LogP) is 1.64. The lowest BCUT2D eigenvalue weighted by molar-refractivity contribution is 0.0521. The van der Waals surface area contributed by atoms with Gasteiger partial charge >= 0.3 is 5.97 Å². The number of ether oxygens (including phenoxy) is 1. The van der Waals surface area contributed by atoms with E-state index >= 15 is 0 Å². The minimum absolute atomic E-state index is 0.304. The summed E-state index contributed by atoms with van der Waals surface area (Å²) in [5.41, 5.74) is 0.539. The maximum absolute atomic E-state index is 11.8. The van der Waals surface area contributed by atoms with Crippen LogP contribution in [0.4, 0.5) is 0 Å². The summed E-state index contributed by atoms with van der Waals surface area (Å²) >= 11 is 0. The highest BCUT2D eigenvalue weighted by atomic mass is 16.5. The van der Waals surface area contributed by atoms with Crippen molar-refractivity contribution in [2.75, 3.05) is 26.7 Å². The van der Waals surface area contributed by atoms with Gasteiger partial charge in [-0.2, -0.15) is 0 Å². The van der Waals surface area contributed by atoms with Gasteiger partial charge in [-0.1, -0.05) is 0 Å². The van der Waals surface area contributed by atoms with E-state index in [0.717, 1.165) is 13.1 Å². The lowest BCUT2D eigenvalue weighted by atomic mass is 10.1. The molecule has 0 aliphatic carbocycles. The first-order valence-corrected chi connectivity index (χ1v) is 6.86. The zero-order chi connectivity index (χ0) is 13.7. The van der Waals surface area contributed by atoms with Crippen molar-refractivity contribution in [3.05, 3.63) is 23.7 Å². The molecule has 1 aromatic rings. The lowest BCUT2D eigenvalue weighted by Crippen LogP contribution is -2.43. The first-order chi connectivity index (χ1) is 9.22. The molecule has 0 bridgehead atoms. The van der Waals surface area contributed by atoms with Gasteiger partial charge in [0.1, 0.15) is 11.3 Å². The van der Waals surface area contributed by atoms with Crippen LogP contribution in [-0.4, -0.2) is 43.7 Å². The molecule has 0 amide bonds. The third kappa shape index (κ3) is 3.58. The van der Waals surface area contributed by atoms with E-state index in [1.54, 1.807) is 19.3 Å². The minimum Gasteiger partial charge on any atom is -0.467 e. The van der Waals surface area contributed by atoms with Gasteiger partial charge in [0.15, 0.2) is 0 Å². The van der Waals surface area contributed by atoms with Crippen molar-refractivity contribution in [3.63, 3.8) is 0 Å². The molecule has 1 unspecified atom stereocenters. The first-order valence-electron chi connectivity index (χ1n) is 6.86. The second-order valence-electron chi connectivity index (χ2n) is 4.89. The van der Waals surface area contributed by atoms with Gasteiger partial charge in [0.2, 0.25) is 0 Å². The molecule has 2 rings (SSSR count). The van der Waals surface area contributed by atoms with Crippen LogP contribution in [0.3, 0.4) is 0 Å². The summed E-state index contributed by atoms with van der Waals surface area (Å²) in [7, 11) is 2.06. The Morgan fingerprint density at radius 3 is 3.16 bits per heavy atom. The Morgan fingerprint density at radius 2 is 2.47 bits per heavy atom. The monoisotopic (exact) mass is 266 g/mol. The predicted molar refractivity (Wildman–Crippen MR) is 72.0 cm³/mol. The van der Waals surface area contributed by atoms with Crippen LogP contribution in [0.1, 0.15) is 35.9 Å². The Hall–Kier alpha value is -1.33. The minimum atomic E-state index is -0.304. The summed E-state index contributed by atoms with van der Waals surface area (Å²) in [5, 5.41) is 3.39. The van der Waals surface area contributed by atoms with E-state index in [0.29, 0.717) is 30.5 Å². The Bertz CT molecular complexity index is 411. The van der Waals surface area contributed by atoms with Crippen molar-refractivity contribution < 1.29 is 13.9 Å². The average molecular weight is 266 g/mol. The molecular weight excluding hydrogens is 244 g/mol. The van der Waals surface area contributed by atoms with Crippen LogP contribution in [0.25, 0.3) is 0 Å². The van der Waals surface area contributed by atoms with Gasteiger partial charge in [0, 0.05) is 12.6 Å². The molecule has 5 nitrogen and oxygen atoms in total. The van der Waals surface area contributed by atoms with Crippen molar-refractivity contribution in [1.29, 1.82) is 0 Å². The Kier molecular flexibility index (Phi) is 4.99. The Labute approximate surface area is 113 Å².